The van der Waals surface area contributed by atoms with Crippen molar-refractivity contribution in [2.45, 2.75) is 6.92 Å². The highest BCUT2D eigenvalue weighted by atomic mass is 16.3. The topological polar surface area (TPSA) is 26.3 Å². The maximum absolute atomic E-state index is 6.31. The number of para-hydroxylation sites is 1. The van der Waals surface area contributed by atoms with Gasteiger partial charge in [-0.25, -0.2) is 0 Å². The lowest BCUT2D eigenvalue weighted by atomic mass is 9.98. The van der Waals surface area contributed by atoms with Gasteiger partial charge in [-0.3, -0.25) is 0 Å². The number of furan rings is 2. The summed E-state index contributed by atoms with van der Waals surface area (Å²) in [6.45, 7) is 2.13. The Morgan fingerprint density at radius 2 is 1.16 bits per heavy atom. The Morgan fingerprint density at radius 3 is 2.03 bits per heavy atom. The van der Waals surface area contributed by atoms with Crippen LogP contribution >= 0.6 is 0 Å². The highest BCUT2D eigenvalue weighted by molar-refractivity contribution is 6.25. The van der Waals surface area contributed by atoms with Crippen LogP contribution in [0, 0.1) is 6.92 Å². The lowest BCUT2D eigenvalue weighted by molar-refractivity contribution is 0.663. The highest BCUT2D eigenvalue weighted by Crippen LogP contribution is 2.40. The molecule has 2 heteroatoms. The van der Waals surface area contributed by atoms with Crippen LogP contribution in [0.3, 0.4) is 0 Å². The summed E-state index contributed by atoms with van der Waals surface area (Å²) in [6, 6.07) is 31.9. The van der Waals surface area contributed by atoms with Crippen LogP contribution < -0.4 is 0 Å². The van der Waals surface area contributed by atoms with E-state index in [2.05, 4.69) is 73.7 Å². The molecular weight excluding hydrogens is 380 g/mol. The molecule has 0 bridgehead atoms. The van der Waals surface area contributed by atoms with Crippen LogP contribution in [0.4, 0.5) is 0 Å². The van der Waals surface area contributed by atoms with E-state index in [1.54, 1.807) is 0 Å². The molecule has 2 heterocycles. The molecule has 0 N–H and O–H groups in total. The molecule has 146 valence electrons. The fourth-order valence-corrected chi connectivity index (χ4v) is 4.81. The molecule has 0 unspecified atom stereocenters. The number of fused-ring (bicyclic) bond motifs is 8. The van der Waals surface area contributed by atoms with Crippen molar-refractivity contribution < 1.29 is 8.83 Å². The third kappa shape index (κ3) is 2.39. The first-order valence-electron chi connectivity index (χ1n) is 10.5. The Bertz CT molecular complexity index is 1800. The van der Waals surface area contributed by atoms with E-state index in [-0.39, 0.29) is 0 Å². The molecule has 0 saturated carbocycles. The predicted octanol–water partition coefficient (Wildman–Crippen LogP) is 8.61. The molecular formula is C29H18O2. The lowest BCUT2D eigenvalue weighted by Crippen LogP contribution is -1.80. The number of hydrogen-bond donors (Lipinski definition) is 0. The van der Waals surface area contributed by atoms with Gasteiger partial charge in [-0.2, -0.15) is 0 Å². The standard InChI is InChI=1S/C29H18O2/c1-17-6-7-18-8-9-19(15-21(18)14-17)20-10-11-23-27(16-20)31-26-13-12-25-28(29(23)26)22-4-2-3-5-24(22)30-25/h2-16H,1H3. The van der Waals surface area contributed by atoms with Crippen molar-refractivity contribution in [3.63, 3.8) is 0 Å². The minimum Gasteiger partial charge on any atom is -0.456 e. The van der Waals surface area contributed by atoms with Crippen molar-refractivity contribution in [3.8, 4) is 11.1 Å². The second-order valence-electron chi connectivity index (χ2n) is 8.29. The lowest BCUT2D eigenvalue weighted by Gasteiger charge is -2.05. The zero-order chi connectivity index (χ0) is 20.5. The summed E-state index contributed by atoms with van der Waals surface area (Å²) in [5.41, 5.74) is 7.21. The van der Waals surface area contributed by atoms with Crippen molar-refractivity contribution in [1.82, 2.24) is 0 Å². The largest absolute Gasteiger partial charge is 0.456 e. The number of hydrogen-bond acceptors (Lipinski definition) is 2. The average molecular weight is 398 g/mol. The molecule has 7 aromatic rings. The van der Waals surface area contributed by atoms with E-state index < -0.39 is 0 Å². The Hall–Kier alpha value is -4.04. The number of aryl methyl sites for hydroxylation is 1. The van der Waals surface area contributed by atoms with E-state index >= 15 is 0 Å². The van der Waals surface area contributed by atoms with Gasteiger partial charge in [-0.05, 0) is 65.2 Å². The summed E-state index contributed by atoms with van der Waals surface area (Å²) in [5, 5.41) is 7.01. The van der Waals surface area contributed by atoms with Gasteiger partial charge >= 0.3 is 0 Å². The summed E-state index contributed by atoms with van der Waals surface area (Å²) in [7, 11) is 0. The van der Waals surface area contributed by atoms with Gasteiger partial charge in [-0.1, -0.05) is 60.2 Å². The van der Waals surface area contributed by atoms with Gasteiger partial charge in [0.25, 0.3) is 0 Å². The SMILES string of the molecule is Cc1ccc2ccc(-c3ccc4c(c3)oc3ccc5oc6ccccc6c5c34)cc2c1. The van der Waals surface area contributed by atoms with Crippen LogP contribution in [0.15, 0.2) is 99.8 Å². The zero-order valence-electron chi connectivity index (χ0n) is 17.0. The Labute approximate surface area is 178 Å². The van der Waals surface area contributed by atoms with Gasteiger partial charge in [0.15, 0.2) is 0 Å². The van der Waals surface area contributed by atoms with E-state index in [4.69, 9.17) is 8.83 Å². The van der Waals surface area contributed by atoms with E-state index in [9.17, 15) is 0 Å². The van der Waals surface area contributed by atoms with Crippen LogP contribution in [-0.4, -0.2) is 0 Å². The third-order valence-corrected chi connectivity index (χ3v) is 6.31. The monoisotopic (exact) mass is 398 g/mol. The van der Waals surface area contributed by atoms with Crippen LogP contribution in [0.1, 0.15) is 5.56 Å². The molecule has 2 nitrogen and oxygen atoms in total. The van der Waals surface area contributed by atoms with E-state index in [1.165, 1.54) is 21.9 Å². The molecule has 0 spiro atoms. The van der Waals surface area contributed by atoms with Crippen LogP contribution in [0.5, 0.6) is 0 Å². The summed E-state index contributed by atoms with van der Waals surface area (Å²) in [4.78, 5) is 0. The summed E-state index contributed by atoms with van der Waals surface area (Å²) < 4.78 is 12.4. The molecule has 0 aliphatic heterocycles. The Kier molecular flexibility index (Phi) is 3.23. The third-order valence-electron chi connectivity index (χ3n) is 6.31. The molecule has 5 aromatic carbocycles. The van der Waals surface area contributed by atoms with Crippen molar-refractivity contribution in [2.75, 3.05) is 0 Å². The molecule has 7 rings (SSSR count). The number of benzene rings is 5. The molecule has 31 heavy (non-hydrogen) atoms. The molecule has 0 saturated heterocycles. The minimum atomic E-state index is 0.889. The van der Waals surface area contributed by atoms with Crippen molar-refractivity contribution in [2.24, 2.45) is 0 Å². The van der Waals surface area contributed by atoms with E-state index in [0.29, 0.717) is 0 Å². The molecule has 0 aliphatic carbocycles. The molecule has 0 radical (unpaired) electrons. The van der Waals surface area contributed by atoms with Gasteiger partial charge in [0.05, 0.1) is 0 Å². The minimum absolute atomic E-state index is 0.889. The molecule has 2 aromatic heterocycles. The maximum Gasteiger partial charge on any atom is 0.136 e. The van der Waals surface area contributed by atoms with Gasteiger partial charge in [0.1, 0.15) is 22.3 Å². The second-order valence-corrected chi connectivity index (χ2v) is 8.29. The van der Waals surface area contributed by atoms with Crippen molar-refractivity contribution in [1.29, 1.82) is 0 Å². The summed E-state index contributed by atoms with van der Waals surface area (Å²) in [5.74, 6) is 0. The van der Waals surface area contributed by atoms with Gasteiger partial charge in [0.2, 0.25) is 0 Å². The van der Waals surface area contributed by atoms with E-state index in [0.717, 1.165) is 49.4 Å². The van der Waals surface area contributed by atoms with Gasteiger partial charge in [0, 0.05) is 21.5 Å². The fourth-order valence-electron chi connectivity index (χ4n) is 4.81. The fraction of sp³-hybridized carbons (Fsp3) is 0.0345. The number of rotatable bonds is 1. The zero-order valence-corrected chi connectivity index (χ0v) is 17.0. The first-order chi connectivity index (χ1) is 15.2. The predicted molar refractivity (Wildman–Crippen MR) is 129 cm³/mol. The van der Waals surface area contributed by atoms with Crippen LogP contribution in [0.25, 0.3) is 65.8 Å². The Balaban J connectivity index is 1.49. The molecule has 0 aliphatic rings. The molecule has 0 atom stereocenters. The molecule has 0 amide bonds. The summed E-state index contributed by atoms with van der Waals surface area (Å²) in [6.07, 6.45) is 0. The van der Waals surface area contributed by atoms with Crippen molar-refractivity contribution >= 4 is 54.6 Å². The Morgan fingerprint density at radius 1 is 0.484 bits per heavy atom. The highest BCUT2D eigenvalue weighted by Gasteiger charge is 2.16. The first kappa shape index (κ1) is 16.7. The van der Waals surface area contributed by atoms with Crippen molar-refractivity contribution in [3.05, 3.63) is 96.6 Å². The average Bonchev–Trinajstić information content (AvgIpc) is 3.35. The summed E-state index contributed by atoms with van der Waals surface area (Å²) >= 11 is 0. The maximum atomic E-state index is 6.31. The molecule has 0 fully saturated rings. The van der Waals surface area contributed by atoms with Crippen LogP contribution in [-0.2, 0) is 0 Å². The first-order valence-corrected chi connectivity index (χ1v) is 10.5. The van der Waals surface area contributed by atoms with E-state index in [1.807, 2.05) is 24.3 Å². The normalized spacial score (nSPS) is 12.0. The second kappa shape index (κ2) is 5.99. The van der Waals surface area contributed by atoms with Crippen LogP contribution in [0.2, 0.25) is 0 Å². The quantitative estimate of drug-likeness (QED) is 0.277. The smallest absolute Gasteiger partial charge is 0.136 e. The van der Waals surface area contributed by atoms with Gasteiger partial charge in [-0.15, -0.1) is 0 Å². The van der Waals surface area contributed by atoms with Gasteiger partial charge < -0.3 is 8.83 Å².